The van der Waals surface area contributed by atoms with Crippen LogP contribution in [0.5, 0.6) is 5.75 Å². The molecule has 0 aliphatic heterocycles. The zero-order chi connectivity index (χ0) is 13.0. The maximum absolute atomic E-state index is 11.4. The van der Waals surface area contributed by atoms with Crippen molar-refractivity contribution < 1.29 is 19.4 Å². The van der Waals surface area contributed by atoms with Crippen molar-refractivity contribution in [2.24, 2.45) is 0 Å². The Labute approximate surface area is 107 Å². The van der Waals surface area contributed by atoms with E-state index in [1.165, 1.54) is 6.07 Å². The van der Waals surface area contributed by atoms with Crippen LogP contribution >= 0.6 is 15.9 Å². The van der Waals surface area contributed by atoms with Gasteiger partial charge in [0.2, 0.25) is 0 Å². The minimum atomic E-state index is -1.50. The lowest BCUT2D eigenvalue weighted by Crippen LogP contribution is -2.13. The number of rotatable bonds is 5. The van der Waals surface area contributed by atoms with E-state index in [1.807, 2.05) is 0 Å². The first-order valence-corrected chi connectivity index (χ1v) is 5.56. The van der Waals surface area contributed by atoms with Crippen LogP contribution in [0.1, 0.15) is 17.3 Å². The molecule has 0 amide bonds. The van der Waals surface area contributed by atoms with E-state index >= 15 is 0 Å². The molecule has 1 rings (SSSR count). The number of benzene rings is 1. The number of carboxylic acid groups (broad SMARTS) is 1. The molecule has 4 nitrogen and oxygen atoms in total. The number of aliphatic carboxylic acids is 1. The van der Waals surface area contributed by atoms with Gasteiger partial charge >= 0.3 is 5.97 Å². The average molecular weight is 299 g/mol. The molecule has 0 fully saturated rings. The third kappa shape index (κ3) is 3.42. The maximum Gasteiger partial charge on any atom is 0.377 e. The van der Waals surface area contributed by atoms with Crippen LogP contribution in [0.4, 0.5) is 0 Å². The number of ketones is 1. The molecular formula is C12H11BrO4. The summed E-state index contributed by atoms with van der Waals surface area (Å²) < 4.78 is 5.72. The first-order chi connectivity index (χ1) is 7.93. The molecular weight excluding hydrogens is 288 g/mol. The molecule has 0 aromatic heterocycles. The van der Waals surface area contributed by atoms with Gasteiger partial charge in [-0.3, -0.25) is 4.79 Å². The quantitative estimate of drug-likeness (QED) is 0.516. The molecule has 5 heteroatoms. The van der Waals surface area contributed by atoms with Gasteiger partial charge in [-0.15, -0.1) is 0 Å². The molecule has 1 aromatic carbocycles. The highest BCUT2D eigenvalue weighted by atomic mass is 79.9. The number of hydrogen-bond acceptors (Lipinski definition) is 3. The van der Waals surface area contributed by atoms with Gasteiger partial charge in [0.25, 0.3) is 5.78 Å². The van der Waals surface area contributed by atoms with Gasteiger partial charge < -0.3 is 9.84 Å². The molecule has 17 heavy (non-hydrogen) atoms. The molecule has 1 N–H and O–H groups in total. The highest BCUT2D eigenvalue weighted by Gasteiger charge is 2.19. The summed E-state index contributed by atoms with van der Waals surface area (Å²) in [6.45, 7) is 5.80. The zero-order valence-electron chi connectivity index (χ0n) is 9.20. The highest BCUT2D eigenvalue weighted by molar-refractivity contribution is 9.10. The van der Waals surface area contributed by atoms with Gasteiger partial charge in [-0.2, -0.15) is 0 Å². The van der Waals surface area contributed by atoms with E-state index in [0.29, 0.717) is 16.8 Å². The van der Waals surface area contributed by atoms with Gasteiger partial charge in [0.05, 0.1) is 4.47 Å². The average Bonchev–Trinajstić information content (AvgIpc) is 2.26. The maximum atomic E-state index is 11.4. The van der Waals surface area contributed by atoms with Crippen molar-refractivity contribution in [2.45, 2.75) is 6.92 Å². The van der Waals surface area contributed by atoms with Crippen LogP contribution in [0.2, 0.25) is 0 Å². The van der Waals surface area contributed by atoms with E-state index in [9.17, 15) is 9.59 Å². The van der Waals surface area contributed by atoms with Crippen molar-refractivity contribution >= 4 is 27.7 Å². The summed E-state index contributed by atoms with van der Waals surface area (Å²) in [5, 5.41) is 8.64. The molecule has 0 bridgehead atoms. The van der Waals surface area contributed by atoms with Crippen molar-refractivity contribution in [3.63, 3.8) is 0 Å². The Bertz CT molecular complexity index is 479. The van der Waals surface area contributed by atoms with Crippen LogP contribution in [0, 0.1) is 0 Å². The highest BCUT2D eigenvalue weighted by Crippen LogP contribution is 2.29. The molecule has 0 atom stereocenters. The number of hydrogen-bond donors (Lipinski definition) is 1. The molecule has 0 saturated carbocycles. The monoisotopic (exact) mass is 298 g/mol. The zero-order valence-corrected chi connectivity index (χ0v) is 10.8. The van der Waals surface area contributed by atoms with Crippen molar-refractivity contribution in [3.05, 3.63) is 40.4 Å². The van der Waals surface area contributed by atoms with E-state index in [-0.39, 0.29) is 5.56 Å². The fourth-order valence-electron chi connectivity index (χ4n) is 1.11. The van der Waals surface area contributed by atoms with Crippen LogP contribution in [0.25, 0.3) is 0 Å². The normalized spacial score (nSPS) is 9.76. The lowest BCUT2D eigenvalue weighted by molar-refractivity contribution is -0.131. The fourth-order valence-corrected chi connectivity index (χ4v) is 1.67. The number of carboxylic acids is 1. The number of Topliss-reactive ketones (excluding diaryl/α,β-unsaturated/α-hetero) is 1. The Morgan fingerprint density at radius 2 is 2.12 bits per heavy atom. The Morgan fingerprint density at radius 1 is 1.47 bits per heavy atom. The molecule has 0 heterocycles. The van der Waals surface area contributed by atoms with Crippen LogP contribution in [-0.2, 0) is 4.79 Å². The summed E-state index contributed by atoms with van der Waals surface area (Å²) in [6.07, 6.45) is 0. The van der Waals surface area contributed by atoms with Crippen LogP contribution in [-0.4, -0.2) is 23.5 Å². The Morgan fingerprint density at radius 3 is 2.65 bits per heavy atom. The Kier molecular flexibility index (Phi) is 4.45. The molecule has 0 saturated heterocycles. The van der Waals surface area contributed by atoms with Crippen molar-refractivity contribution in [2.75, 3.05) is 6.61 Å². The molecule has 90 valence electrons. The van der Waals surface area contributed by atoms with Crippen molar-refractivity contribution in [1.29, 1.82) is 0 Å². The van der Waals surface area contributed by atoms with E-state index in [4.69, 9.17) is 9.84 Å². The van der Waals surface area contributed by atoms with Gasteiger partial charge in [0.1, 0.15) is 12.4 Å². The molecule has 0 unspecified atom stereocenters. The van der Waals surface area contributed by atoms with Crippen molar-refractivity contribution in [3.8, 4) is 5.75 Å². The van der Waals surface area contributed by atoms with E-state index in [2.05, 4.69) is 22.5 Å². The molecule has 0 spiro atoms. The minimum absolute atomic E-state index is 0.0664. The molecule has 0 aliphatic rings. The first kappa shape index (κ1) is 13.4. The molecule has 0 radical (unpaired) electrons. The summed E-state index contributed by atoms with van der Waals surface area (Å²) in [5.41, 5.74) is 0.892. The Balaban J connectivity index is 3.03. The van der Waals surface area contributed by atoms with E-state index in [1.54, 1.807) is 19.1 Å². The predicted octanol–water partition coefficient (Wildman–Crippen LogP) is 2.67. The molecule has 0 aliphatic carbocycles. The van der Waals surface area contributed by atoms with Crippen LogP contribution in [0.3, 0.4) is 0 Å². The van der Waals surface area contributed by atoms with E-state index < -0.39 is 11.8 Å². The largest absolute Gasteiger partial charge is 0.488 e. The first-order valence-electron chi connectivity index (χ1n) is 4.76. The third-order valence-electron chi connectivity index (χ3n) is 1.88. The van der Waals surface area contributed by atoms with Crippen LogP contribution < -0.4 is 4.74 Å². The lowest BCUT2D eigenvalue weighted by atomic mass is 10.1. The number of carbonyl (C=O) groups excluding carboxylic acids is 1. The van der Waals surface area contributed by atoms with Gasteiger partial charge in [0.15, 0.2) is 0 Å². The summed E-state index contributed by atoms with van der Waals surface area (Å²) in [6, 6.07) is 4.63. The number of halogens is 1. The van der Waals surface area contributed by atoms with Crippen molar-refractivity contribution in [1.82, 2.24) is 0 Å². The van der Waals surface area contributed by atoms with Gasteiger partial charge in [-0.05, 0) is 40.6 Å². The second-order valence-corrected chi connectivity index (χ2v) is 4.29. The number of ether oxygens (including phenoxy) is 1. The summed E-state index contributed by atoms with van der Waals surface area (Å²) in [4.78, 5) is 22.0. The summed E-state index contributed by atoms with van der Waals surface area (Å²) in [5.74, 6) is -2.06. The molecule has 1 aromatic rings. The minimum Gasteiger partial charge on any atom is -0.488 e. The third-order valence-corrected chi connectivity index (χ3v) is 2.69. The predicted molar refractivity (Wildman–Crippen MR) is 66.4 cm³/mol. The topological polar surface area (TPSA) is 63.6 Å². The number of carbonyl (C=O) groups is 2. The lowest BCUT2D eigenvalue weighted by Gasteiger charge is -2.09. The second-order valence-electron chi connectivity index (χ2n) is 3.50. The van der Waals surface area contributed by atoms with Gasteiger partial charge in [-0.1, -0.05) is 12.6 Å². The van der Waals surface area contributed by atoms with Gasteiger partial charge in [-0.25, -0.2) is 4.79 Å². The smallest absolute Gasteiger partial charge is 0.377 e. The summed E-state index contributed by atoms with van der Waals surface area (Å²) >= 11 is 3.16. The Hall–Kier alpha value is -1.62. The standard InChI is InChI=1S/C12H11BrO4/c1-7(2)6-17-9-5-3-4-8(10(9)13)11(14)12(15)16/h3-5H,1,6H2,2H3,(H,15,16). The summed E-state index contributed by atoms with van der Waals surface area (Å²) in [7, 11) is 0. The SMILES string of the molecule is C=C(C)COc1cccc(C(=O)C(=O)O)c1Br. The fraction of sp³-hybridized carbons (Fsp3) is 0.167. The van der Waals surface area contributed by atoms with Gasteiger partial charge in [0, 0.05) is 5.56 Å². The van der Waals surface area contributed by atoms with Crippen LogP contribution in [0.15, 0.2) is 34.8 Å². The van der Waals surface area contributed by atoms with E-state index in [0.717, 1.165) is 5.57 Å². The second kappa shape index (κ2) is 5.63.